The van der Waals surface area contributed by atoms with Gasteiger partial charge in [0.1, 0.15) is 17.8 Å². The molecule has 1 aliphatic heterocycles. The Balaban J connectivity index is 1.97. The Morgan fingerprint density at radius 2 is 1.67 bits per heavy atom. The van der Waals surface area contributed by atoms with E-state index < -0.39 is 76.1 Å². The first kappa shape index (κ1) is 31.8. The Morgan fingerprint density at radius 1 is 1.02 bits per heavy atom. The van der Waals surface area contributed by atoms with Crippen LogP contribution in [0.25, 0.3) is 0 Å². The van der Waals surface area contributed by atoms with Gasteiger partial charge in [0.2, 0.25) is 0 Å². The van der Waals surface area contributed by atoms with E-state index in [4.69, 9.17) is 18.9 Å². The van der Waals surface area contributed by atoms with Crippen LogP contribution in [0.2, 0.25) is 0 Å². The van der Waals surface area contributed by atoms with Gasteiger partial charge in [0, 0.05) is 31.1 Å². The van der Waals surface area contributed by atoms with E-state index >= 15 is 0 Å². The molecule has 2 N–H and O–H groups in total. The zero-order valence-corrected chi connectivity index (χ0v) is 25.3. The monoisotopic (exact) mass is 586 g/mol. The Bertz CT molecular complexity index is 1270. The number of fused-ring (bicyclic) bond motifs is 1. The molecule has 1 heterocycles. The van der Waals surface area contributed by atoms with Crippen LogP contribution in [0, 0.1) is 16.7 Å². The number of rotatable bonds is 8. The highest BCUT2D eigenvalue weighted by Crippen LogP contribution is 2.60. The second-order valence-corrected chi connectivity index (χ2v) is 12.8. The summed E-state index contributed by atoms with van der Waals surface area (Å²) in [4.78, 5) is 52.4. The van der Waals surface area contributed by atoms with Gasteiger partial charge in [0.15, 0.2) is 17.5 Å². The molecule has 8 atom stereocenters. The summed E-state index contributed by atoms with van der Waals surface area (Å²) in [6.45, 7) is 10.8. The Labute approximate surface area is 246 Å². The highest BCUT2D eigenvalue weighted by Gasteiger charge is 2.73. The molecule has 2 aliphatic carbocycles. The van der Waals surface area contributed by atoms with E-state index in [9.17, 15) is 29.4 Å². The largest absolute Gasteiger partial charge is 0.455 e. The van der Waals surface area contributed by atoms with Gasteiger partial charge in [-0.3, -0.25) is 14.4 Å². The van der Waals surface area contributed by atoms with Crippen LogP contribution in [0.4, 0.5) is 0 Å². The predicted molar refractivity (Wildman–Crippen MR) is 150 cm³/mol. The minimum Gasteiger partial charge on any atom is -0.455 e. The van der Waals surface area contributed by atoms with Crippen molar-refractivity contribution < 1.29 is 48.3 Å². The van der Waals surface area contributed by atoms with Gasteiger partial charge in [-0.15, -0.1) is 0 Å². The van der Waals surface area contributed by atoms with Crippen molar-refractivity contribution in [1.29, 1.82) is 0 Å². The molecule has 1 unspecified atom stereocenters. The molecule has 1 aromatic rings. The fourth-order valence-corrected chi connectivity index (χ4v) is 7.36. The van der Waals surface area contributed by atoms with Crippen LogP contribution >= 0.6 is 0 Å². The minimum atomic E-state index is -1.93. The minimum absolute atomic E-state index is 0.0972. The van der Waals surface area contributed by atoms with Crippen LogP contribution in [0.3, 0.4) is 0 Å². The fraction of sp³-hybridized carbons (Fsp3) is 0.625. The molecule has 230 valence electrons. The van der Waals surface area contributed by atoms with E-state index in [-0.39, 0.29) is 25.0 Å². The van der Waals surface area contributed by atoms with Crippen molar-refractivity contribution in [3.63, 3.8) is 0 Å². The van der Waals surface area contributed by atoms with Gasteiger partial charge in [-0.25, -0.2) is 4.79 Å². The molecular formula is C32H42O10. The number of ketones is 1. The highest BCUT2D eigenvalue weighted by atomic mass is 16.6. The summed E-state index contributed by atoms with van der Waals surface area (Å²) in [5, 5.41) is 23.7. The summed E-state index contributed by atoms with van der Waals surface area (Å²) in [5.41, 5.74) is -5.01. The van der Waals surface area contributed by atoms with Crippen molar-refractivity contribution in [1.82, 2.24) is 0 Å². The van der Waals surface area contributed by atoms with Gasteiger partial charge >= 0.3 is 17.9 Å². The van der Waals surface area contributed by atoms with Crippen LogP contribution in [-0.4, -0.2) is 76.1 Å². The summed E-state index contributed by atoms with van der Waals surface area (Å²) in [6.07, 6.45) is -2.27. The van der Waals surface area contributed by atoms with Gasteiger partial charge in [0.25, 0.3) is 0 Å². The molecule has 0 amide bonds. The molecule has 10 nitrogen and oxygen atoms in total. The smallest absolute Gasteiger partial charge is 0.338 e. The maximum absolute atomic E-state index is 14.3. The number of aliphatic hydroxyl groups is 2. The van der Waals surface area contributed by atoms with Crippen LogP contribution in [0.1, 0.15) is 78.1 Å². The number of carbonyl (C=O) groups excluding carboxylic acids is 4. The third kappa shape index (κ3) is 5.29. The second kappa shape index (κ2) is 11.2. The number of esters is 3. The van der Waals surface area contributed by atoms with Gasteiger partial charge in [0.05, 0.1) is 24.2 Å². The molecule has 4 rings (SSSR count). The number of ether oxygens (including phenoxy) is 4. The summed E-state index contributed by atoms with van der Waals surface area (Å²) in [7, 11) is 0. The van der Waals surface area contributed by atoms with E-state index in [1.165, 1.54) is 20.8 Å². The Morgan fingerprint density at radius 3 is 2.21 bits per heavy atom. The number of benzene rings is 1. The zero-order chi connectivity index (χ0) is 31.3. The molecule has 1 aromatic carbocycles. The molecule has 1 saturated carbocycles. The van der Waals surface area contributed by atoms with Crippen molar-refractivity contribution >= 4 is 23.7 Å². The van der Waals surface area contributed by atoms with Gasteiger partial charge in [-0.1, -0.05) is 45.0 Å². The standard InChI is InChI=1S/C32H42O10/c1-18-15-29(5,6)32(38,16-23(18)35)27(41-28(37)22-11-9-8-10-12-22)25-30(7,26(36)19(2)40-20(3)33)14-13-24-31(25,17-39-24)42-21(4)34/h8-12,15,19,23-25,27,35,38H,13-14,16-17H2,1-7H3/t19-,23?,24-,25+,27+,30-,31+,32-/m1/s1. The quantitative estimate of drug-likeness (QED) is 0.264. The van der Waals surface area contributed by atoms with Crippen molar-refractivity contribution in [2.45, 2.75) is 103 Å². The predicted octanol–water partition coefficient (Wildman–Crippen LogP) is 3.32. The van der Waals surface area contributed by atoms with Gasteiger partial charge in [-0.05, 0) is 44.4 Å². The molecule has 0 aromatic heterocycles. The SMILES string of the molecule is CC(=O)O[C@H](C)C(=O)[C@]1(C)CC[C@H]2OC[C@@]2(OC(C)=O)[C@H]1[C@H](OC(=O)c1ccccc1)[C@]1(O)CC(O)C(C)=CC1(C)C. The van der Waals surface area contributed by atoms with Gasteiger partial charge < -0.3 is 29.2 Å². The van der Waals surface area contributed by atoms with E-state index in [1.54, 1.807) is 64.1 Å². The Hall–Kier alpha value is -3.08. The molecule has 42 heavy (non-hydrogen) atoms. The van der Waals surface area contributed by atoms with E-state index in [1.807, 2.05) is 0 Å². The average Bonchev–Trinajstić information content (AvgIpc) is 2.88. The normalized spacial score (nSPS) is 34.9. The summed E-state index contributed by atoms with van der Waals surface area (Å²) in [6, 6.07) is 8.23. The number of carbonyl (C=O) groups is 4. The van der Waals surface area contributed by atoms with Crippen LogP contribution in [0.15, 0.2) is 42.0 Å². The first-order valence-electron chi connectivity index (χ1n) is 14.4. The van der Waals surface area contributed by atoms with Crippen molar-refractivity contribution in [2.75, 3.05) is 6.61 Å². The fourth-order valence-electron chi connectivity index (χ4n) is 7.36. The molecule has 10 heteroatoms. The average molecular weight is 587 g/mol. The molecule has 2 fully saturated rings. The van der Waals surface area contributed by atoms with E-state index in [2.05, 4.69) is 0 Å². The third-order valence-electron chi connectivity index (χ3n) is 9.55. The lowest BCUT2D eigenvalue weighted by Gasteiger charge is -2.64. The second-order valence-electron chi connectivity index (χ2n) is 12.8. The lowest BCUT2D eigenvalue weighted by Crippen LogP contribution is -2.77. The summed E-state index contributed by atoms with van der Waals surface area (Å²) in [5.74, 6) is -3.63. The van der Waals surface area contributed by atoms with Crippen molar-refractivity contribution in [2.24, 2.45) is 16.7 Å². The molecule has 0 bridgehead atoms. The molecule has 0 radical (unpaired) electrons. The van der Waals surface area contributed by atoms with Crippen LogP contribution in [0.5, 0.6) is 0 Å². The molecule has 3 aliphatic rings. The molecular weight excluding hydrogens is 544 g/mol. The first-order chi connectivity index (χ1) is 19.5. The zero-order valence-electron chi connectivity index (χ0n) is 25.3. The maximum Gasteiger partial charge on any atom is 0.338 e. The lowest BCUT2D eigenvalue weighted by atomic mass is 9.49. The number of aliphatic hydroxyl groups excluding tert-OH is 1. The number of hydrogen-bond acceptors (Lipinski definition) is 10. The van der Waals surface area contributed by atoms with Crippen LogP contribution in [-0.2, 0) is 33.3 Å². The number of Topliss-reactive ketones (excluding diaryl/α,β-unsaturated/α-hetero) is 1. The van der Waals surface area contributed by atoms with Crippen molar-refractivity contribution in [3.8, 4) is 0 Å². The molecule has 0 spiro atoms. The number of hydrogen-bond donors (Lipinski definition) is 2. The topological polar surface area (TPSA) is 146 Å². The van der Waals surface area contributed by atoms with Gasteiger partial charge in [-0.2, -0.15) is 0 Å². The Kier molecular flexibility index (Phi) is 8.50. The van der Waals surface area contributed by atoms with Crippen LogP contribution < -0.4 is 0 Å². The lowest BCUT2D eigenvalue weighted by molar-refractivity contribution is -0.329. The highest BCUT2D eigenvalue weighted by molar-refractivity contribution is 5.91. The third-order valence-corrected chi connectivity index (χ3v) is 9.55. The van der Waals surface area contributed by atoms with E-state index in [0.717, 1.165) is 0 Å². The molecule has 1 saturated heterocycles. The first-order valence-corrected chi connectivity index (χ1v) is 14.4. The summed E-state index contributed by atoms with van der Waals surface area (Å²) < 4.78 is 23.4. The van der Waals surface area contributed by atoms with Crippen molar-refractivity contribution in [3.05, 3.63) is 47.5 Å². The maximum atomic E-state index is 14.3. The van der Waals surface area contributed by atoms with E-state index in [0.29, 0.717) is 12.0 Å². The summed E-state index contributed by atoms with van der Waals surface area (Å²) >= 11 is 0.